The molecule has 5 rings (SSSR count). The number of methoxy groups -OCH3 is 1. The van der Waals surface area contributed by atoms with Gasteiger partial charge in [-0.25, -0.2) is 9.37 Å². The second kappa shape index (κ2) is 7.80. The van der Waals surface area contributed by atoms with E-state index in [2.05, 4.69) is 0 Å². The van der Waals surface area contributed by atoms with Gasteiger partial charge in [0.1, 0.15) is 17.4 Å². The number of benzene rings is 3. The summed E-state index contributed by atoms with van der Waals surface area (Å²) in [6.07, 6.45) is 0.556. The number of rotatable bonds is 4. The molecule has 0 N–H and O–H groups in total. The maximum Gasteiger partial charge on any atom is 0.283 e. The van der Waals surface area contributed by atoms with Crippen LogP contribution in [-0.4, -0.2) is 21.2 Å². The minimum Gasteiger partial charge on any atom is -0.497 e. The Kier molecular flexibility index (Phi) is 4.94. The van der Waals surface area contributed by atoms with E-state index < -0.39 is 0 Å². The second-order valence-electron chi connectivity index (χ2n) is 7.59. The van der Waals surface area contributed by atoms with Crippen molar-refractivity contribution in [2.75, 3.05) is 7.11 Å². The molecule has 0 atom stereocenters. The lowest BCUT2D eigenvalue weighted by Crippen LogP contribution is -2.19. The third kappa shape index (κ3) is 3.33. The number of aryl methyl sites for hydroxylation is 1. The molecule has 0 aliphatic rings. The molecular weight excluding hydrogens is 429 g/mol. The van der Waals surface area contributed by atoms with Gasteiger partial charge in [0.05, 0.1) is 18.1 Å². The predicted octanol–water partition coefficient (Wildman–Crippen LogP) is 5.27. The maximum atomic E-state index is 13.6. The summed E-state index contributed by atoms with van der Waals surface area (Å²) in [7, 11) is 3.54. The van der Waals surface area contributed by atoms with Crippen molar-refractivity contribution in [3.8, 4) is 11.4 Å². The van der Waals surface area contributed by atoms with Crippen LogP contribution in [0, 0.1) is 5.82 Å². The molecule has 7 heteroatoms. The monoisotopic (exact) mass is 447 g/mol. The zero-order valence-corrected chi connectivity index (χ0v) is 18.2. The fraction of sp³-hybridized carbons (Fsp3) is 0.120. The lowest BCUT2D eigenvalue weighted by Gasteiger charge is -2.12. The molecule has 0 saturated carbocycles. The van der Waals surface area contributed by atoms with Crippen LogP contribution in [0.25, 0.3) is 27.6 Å². The van der Waals surface area contributed by atoms with Gasteiger partial charge in [-0.2, -0.15) is 0 Å². The highest BCUT2D eigenvalue weighted by molar-refractivity contribution is 6.31. The number of aromatic nitrogens is 3. The van der Waals surface area contributed by atoms with Crippen molar-refractivity contribution in [1.29, 1.82) is 0 Å². The van der Waals surface area contributed by atoms with Gasteiger partial charge >= 0.3 is 0 Å². The number of ether oxygens (including phenoxy) is 1. The van der Waals surface area contributed by atoms with Crippen LogP contribution in [0.3, 0.4) is 0 Å². The molecule has 0 aliphatic heterocycles. The van der Waals surface area contributed by atoms with Crippen molar-refractivity contribution < 1.29 is 9.13 Å². The molecule has 0 bridgehead atoms. The van der Waals surface area contributed by atoms with Crippen LogP contribution < -0.4 is 10.3 Å². The number of halogens is 2. The molecule has 2 heterocycles. The molecule has 5 aromatic rings. The van der Waals surface area contributed by atoms with Crippen LogP contribution in [0.1, 0.15) is 11.4 Å². The van der Waals surface area contributed by atoms with Gasteiger partial charge in [-0.05, 0) is 60.2 Å². The molecule has 0 aliphatic carbocycles. The van der Waals surface area contributed by atoms with Crippen molar-refractivity contribution in [2.45, 2.75) is 6.42 Å². The number of imidazole rings is 1. The quantitative estimate of drug-likeness (QED) is 0.377. The zero-order valence-electron chi connectivity index (χ0n) is 17.5. The second-order valence-corrected chi connectivity index (χ2v) is 8.02. The van der Waals surface area contributed by atoms with Crippen LogP contribution in [0.15, 0.2) is 71.5 Å². The molecule has 0 radical (unpaired) electrons. The smallest absolute Gasteiger partial charge is 0.283 e. The van der Waals surface area contributed by atoms with Gasteiger partial charge in [0.15, 0.2) is 5.52 Å². The lowest BCUT2D eigenvalue weighted by molar-refractivity contribution is 0.414. The summed E-state index contributed by atoms with van der Waals surface area (Å²) in [4.78, 5) is 18.3. The minimum atomic E-state index is -0.371. The van der Waals surface area contributed by atoms with E-state index in [1.165, 1.54) is 16.7 Å². The third-order valence-corrected chi connectivity index (χ3v) is 5.89. The van der Waals surface area contributed by atoms with Gasteiger partial charge in [-0.15, -0.1) is 0 Å². The Balaban J connectivity index is 1.76. The maximum absolute atomic E-state index is 13.6. The molecule has 5 nitrogen and oxygen atoms in total. The molecule has 0 fully saturated rings. The molecule has 3 aromatic carbocycles. The van der Waals surface area contributed by atoms with Crippen molar-refractivity contribution in [2.24, 2.45) is 7.05 Å². The molecule has 2 aromatic heterocycles. The number of nitrogens with zero attached hydrogens (tertiary/aromatic N) is 3. The molecule has 0 spiro atoms. The van der Waals surface area contributed by atoms with Crippen LogP contribution in [0.2, 0.25) is 5.02 Å². The summed E-state index contributed by atoms with van der Waals surface area (Å²) in [5.74, 6) is 1.17. The normalized spacial score (nSPS) is 11.4. The summed E-state index contributed by atoms with van der Waals surface area (Å²) in [5, 5.41) is 1.34. The van der Waals surface area contributed by atoms with Gasteiger partial charge in [0, 0.05) is 29.6 Å². The summed E-state index contributed by atoms with van der Waals surface area (Å²) in [6.45, 7) is 0. The van der Waals surface area contributed by atoms with Gasteiger partial charge in [0.2, 0.25) is 0 Å². The topological polar surface area (TPSA) is 49.0 Å². The third-order valence-electron chi connectivity index (χ3n) is 5.66. The predicted molar refractivity (Wildman–Crippen MR) is 125 cm³/mol. The lowest BCUT2D eigenvalue weighted by atomic mass is 10.1. The van der Waals surface area contributed by atoms with E-state index in [-0.39, 0.29) is 11.4 Å². The van der Waals surface area contributed by atoms with E-state index in [9.17, 15) is 9.18 Å². The molecule has 160 valence electrons. The van der Waals surface area contributed by atoms with Crippen molar-refractivity contribution in [3.05, 3.63) is 99.3 Å². The Morgan fingerprint density at radius 2 is 1.75 bits per heavy atom. The van der Waals surface area contributed by atoms with Gasteiger partial charge in [-0.3, -0.25) is 9.36 Å². The first-order valence-corrected chi connectivity index (χ1v) is 10.4. The molecule has 0 amide bonds. The van der Waals surface area contributed by atoms with E-state index in [1.807, 2.05) is 41.9 Å². The van der Waals surface area contributed by atoms with Crippen LogP contribution in [0.4, 0.5) is 4.39 Å². The Bertz CT molecular complexity index is 1520. The highest BCUT2D eigenvalue weighted by atomic mass is 35.5. The molecular formula is C25H19ClFN3O2. The van der Waals surface area contributed by atoms with E-state index in [4.69, 9.17) is 21.3 Å². The number of hydrogen-bond acceptors (Lipinski definition) is 3. The van der Waals surface area contributed by atoms with E-state index in [0.29, 0.717) is 28.2 Å². The number of hydrogen-bond donors (Lipinski definition) is 0. The number of pyridine rings is 1. The van der Waals surface area contributed by atoms with Gasteiger partial charge in [0.25, 0.3) is 5.56 Å². The van der Waals surface area contributed by atoms with Gasteiger partial charge in [-0.1, -0.05) is 23.7 Å². The van der Waals surface area contributed by atoms with Gasteiger partial charge < -0.3 is 9.30 Å². The van der Waals surface area contributed by atoms with Crippen molar-refractivity contribution >= 4 is 33.5 Å². The first-order valence-electron chi connectivity index (χ1n) is 10.0. The zero-order chi connectivity index (χ0) is 22.4. The van der Waals surface area contributed by atoms with Crippen molar-refractivity contribution in [1.82, 2.24) is 14.1 Å². The summed E-state index contributed by atoms with van der Waals surface area (Å²) >= 11 is 6.28. The summed E-state index contributed by atoms with van der Waals surface area (Å²) < 4.78 is 22.2. The fourth-order valence-corrected chi connectivity index (χ4v) is 4.20. The standard InChI is InChI=1S/C25H19ClFN3O2/c1-29-22(13-15-3-10-19(32-2)11-4-15)28-23-24(29)20-12-5-16(26)14-21(20)30(25(23)31)18-8-6-17(27)7-9-18/h3-12,14H,13H2,1-2H3. The Labute approximate surface area is 188 Å². The fourth-order valence-electron chi connectivity index (χ4n) is 4.04. The van der Waals surface area contributed by atoms with E-state index in [0.717, 1.165) is 28.0 Å². The Morgan fingerprint density at radius 3 is 2.44 bits per heavy atom. The molecule has 0 unspecified atom stereocenters. The molecule has 32 heavy (non-hydrogen) atoms. The van der Waals surface area contributed by atoms with Crippen molar-refractivity contribution in [3.63, 3.8) is 0 Å². The largest absolute Gasteiger partial charge is 0.497 e. The summed E-state index contributed by atoms with van der Waals surface area (Å²) in [5.41, 5.74) is 3.06. The first-order chi connectivity index (χ1) is 15.5. The van der Waals surface area contributed by atoms with E-state index >= 15 is 0 Å². The number of fused-ring (bicyclic) bond motifs is 3. The first kappa shape index (κ1) is 20.3. The minimum absolute atomic E-state index is 0.280. The highest BCUT2D eigenvalue weighted by Gasteiger charge is 2.19. The average molecular weight is 448 g/mol. The van der Waals surface area contributed by atoms with E-state index in [1.54, 1.807) is 31.4 Å². The Hall–Kier alpha value is -3.64. The SMILES string of the molecule is COc1ccc(Cc2nc3c(=O)n(-c4ccc(F)cc4)c4cc(Cl)ccc4c3n2C)cc1. The summed E-state index contributed by atoms with van der Waals surface area (Å²) in [6, 6.07) is 19.0. The average Bonchev–Trinajstić information content (AvgIpc) is 3.12. The van der Waals surface area contributed by atoms with Crippen LogP contribution in [-0.2, 0) is 13.5 Å². The van der Waals surface area contributed by atoms with Crippen LogP contribution in [0.5, 0.6) is 5.75 Å². The van der Waals surface area contributed by atoms with Crippen LogP contribution >= 0.6 is 11.6 Å². The highest BCUT2D eigenvalue weighted by Crippen LogP contribution is 2.28. The Morgan fingerprint density at radius 1 is 1.03 bits per heavy atom. The molecule has 0 saturated heterocycles.